The molecule has 2 N–H and O–H groups in total. The van der Waals surface area contributed by atoms with Crippen molar-refractivity contribution in [2.75, 3.05) is 18.5 Å². The molecule has 0 aromatic heterocycles. The molecule has 0 bridgehead atoms. The number of halogens is 2. The maximum absolute atomic E-state index is 9.64. The van der Waals surface area contributed by atoms with E-state index >= 15 is 0 Å². The molecule has 1 unspecified atom stereocenters. The van der Waals surface area contributed by atoms with Crippen LogP contribution in [0.15, 0.2) is 18.2 Å². The molecule has 1 aromatic carbocycles. The van der Waals surface area contributed by atoms with Crippen LogP contribution in [0.4, 0.5) is 5.69 Å². The van der Waals surface area contributed by atoms with Crippen LogP contribution >= 0.6 is 23.2 Å². The van der Waals surface area contributed by atoms with E-state index in [1.54, 1.807) is 18.2 Å². The summed E-state index contributed by atoms with van der Waals surface area (Å²) >= 11 is 11.7. The number of anilines is 1. The summed E-state index contributed by atoms with van der Waals surface area (Å²) in [6.07, 6.45) is -0.444. The van der Waals surface area contributed by atoms with Crippen molar-refractivity contribution in [2.45, 2.75) is 26.1 Å². The lowest BCUT2D eigenvalue weighted by Crippen LogP contribution is -2.26. The van der Waals surface area contributed by atoms with Gasteiger partial charge in [0.15, 0.2) is 0 Å². The van der Waals surface area contributed by atoms with Crippen LogP contribution in [0.5, 0.6) is 0 Å². The third kappa shape index (κ3) is 6.13. The second-order valence-electron chi connectivity index (χ2n) is 4.07. The van der Waals surface area contributed by atoms with Gasteiger partial charge in [0.05, 0.1) is 18.8 Å². The normalized spacial score (nSPS) is 12.8. The molecule has 0 radical (unpaired) electrons. The van der Waals surface area contributed by atoms with Gasteiger partial charge in [0.25, 0.3) is 0 Å². The van der Waals surface area contributed by atoms with Crippen molar-refractivity contribution >= 4 is 28.9 Å². The first-order chi connectivity index (χ1) is 7.97. The van der Waals surface area contributed by atoms with Crippen molar-refractivity contribution in [2.24, 2.45) is 0 Å². The zero-order valence-corrected chi connectivity index (χ0v) is 11.4. The van der Waals surface area contributed by atoms with E-state index in [0.29, 0.717) is 23.2 Å². The van der Waals surface area contributed by atoms with Crippen LogP contribution in [0.25, 0.3) is 0 Å². The Morgan fingerprint density at radius 3 is 2.35 bits per heavy atom. The number of ether oxygens (including phenoxy) is 1. The second-order valence-corrected chi connectivity index (χ2v) is 4.95. The Morgan fingerprint density at radius 2 is 1.82 bits per heavy atom. The van der Waals surface area contributed by atoms with E-state index in [1.165, 1.54) is 0 Å². The van der Waals surface area contributed by atoms with E-state index in [9.17, 15) is 5.11 Å². The second kappa shape index (κ2) is 7.07. The van der Waals surface area contributed by atoms with Gasteiger partial charge in [-0.25, -0.2) is 0 Å². The van der Waals surface area contributed by atoms with E-state index in [2.05, 4.69) is 5.32 Å². The minimum absolute atomic E-state index is 0.116. The van der Waals surface area contributed by atoms with Crippen LogP contribution in [0, 0.1) is 0 Å². The SMILES string of the molecule is CC(C)OCC(O)CNc1cc(Cl)cc(Cl)c1. The van der Waals surface area contributed by atoms with Gasteiger partial charge in [-0.2, -0.15) is 0 Å². The van der Waals surface area contributed by atoms with Crippen LogP contribution in [-0.2, 0) is 4.74 Å². The average Bonchev–Trinajstić information content (AvgIpc) is 2.22. The number of rotatable bonds is 6. The first-order valence-corrected chi connectivity index (χ1v) is 6.22. The lowest BCUT2D eigenvalue weighted by Gasteiger charge is -2.15. The highest BCUT2D eigenvalue weighted by molar-refractivity contribution is 6.35. The van der Waals surface area contributed by atoms with Crippen LogP contribution in [0.2, 0.25) is 10.0 Å². The summed E-state index contributed by atoms with van der Waals surface area (Å²) in [7, 11) is 0. The Hall–Kier alpha value is -0.480. The molecule has 0 aliphatic carbocycles. The predicted octanol–water partition coefficient (Wildman–Crippen LogP) is 3.19. The van der Waals surface area contributed by atoms with Gasteiger partial charge in [0, 0.05) is 22.3 Å². The molecule has 96 valence electrons. The molecule has 0 aliphatic heterocycles. The van der Waals surface area contributed by atoms with Crippen molar-refractivity contribution in [1.29, 1.82) is 0 Å². The fourth-order valence-corrected chi connectivity index (χ4v) is 1.78. The third-order valence-corrected chi connectivity index (χ3v) is 2.46. The van der Waals surface area contributed by atoms with Gasteiger partial charge >= 0.3 is 0 Å². The molecule has 3 nitrogen and oxygen atoms in total. The standard InChI is InChI=1S/C12H17Cl2NO2/c1-8(2)17-7-12(16)6-15-11-4-9(13)3-10(14)5-11/h3-5,8,12,15-16H,6-7H2,1-2H3. The molecule has 0 saturated carbocycles. The third-order valence-electron chi connectivity index (χ3n) is 2.03. The summed E-state index contributed by atoms with van der Waals surface area (Å²) < 4.78 is 5.30. The molecule has 0 aliphatic rings. The first-order valence-electron chi connectivity index (χ1n) is 5.47. The van der Waals surface area contributed by atoms with Gasteiger partial charge in [-0.1, -0.05) is 23.2 Å². The van der Waals surface area contributed by atoms with Crippen LogP contribution in [0.1, 0.15) is 13.8 Å². The van der Waals surface area contributed by atoms with E-state index in [0.717, 1.165) is 5.69 Å². The molecule has 1 aromatic rings. The zero-order chi connectivity index (χ0) is 12.8. The van der Waals surface area contributed by atoms with Crippen molar-refractivity contribution in [3.8, 4) is 0 Å². The molecular weight excluding hydrogens is 261 g/mol. The first kappa shape index (κ1) is 14.6. The minimum Gasteiger partial charge on any atom is -0.389 e. The van der Waals surface area contributed by atoms with Crippen molar-refractivity contribution in [1.82, 2.24) is 0 Å². The molecule has 0 heterocycles. The van der Waals surface area contributed by atoms with Gasteiger partial charge in [-0.3, -0.25) is 0 Å². The highest BCUT2D eigenvalue weighted by Crippen LogP contribution is 2.22. The van der Waals surface area contributed by atoms with Gasteiger partial charge in [-0.05, 0) is 32.0 Å². The molecule has 1 rings (SSSR count). The number of hydrogen-bond acceptors (Lipinski definition) is 3. The van der Waals surface area contributed by atoms with E-state index in [-0.39, 0.29) is 6.10 Å². The number of benzene rings is 1. The zero-order valence-electron chi connectivity index (χ0n) is 9.91. The summed E-state index contributed by atoms with van der Waals surface area (Å²) in [4.78, 5) is 0. The Morgan fingerprint density at radius 1 is 1.24 bits per heavy atom. The maximum atomic E-state index is 9.64. The van der Waals surface area contributed by atoms with Gasteiger partial charge in [-0.15, -0.1) is 0 Å². The molecular formula is C12H17Cl2NO2. The Kier molecular flexibility index (Phi) is 6.06. The van der Waals surface area contributed by atoms with E-state index < -0.39 is 6.10 Å². The van der Waals surface area contributed by atoms with Gasteiger partial charge in [0.1, 0.15) is 0 Å². The van der Waals surface area contributed by atoms with Gasteiger partial charge < -0.3 is 15.2 Å². The average molecular weight is 278 g/mol. The fraction of sp³-hybridized carbons (Fsp3) is 0.500. The highest BCUT2D eigenvalue weighted by Gasteiger charge is 2.06. The molecule has 17 heavy (non-hydrogen) atoms. The minimum atomic E-state index is -0.560. The number of aliphatic hydroxyl groups excluding tert-OH is 1. The lowest BCUT2D eigenvalue weighted by atomic mass is 10.3. The van der Waals surface area contributed by atoms with Crippen molar-refractivity contribution < 1.29 is 9.84 Å². The Balaban J connectivity index is 2.39. The number of aliphatic hydroxyl groups is 1. The molecule has 1 atom stereocenters. The summed E-state index contributed by atoms with van der Waals surface area (Å²) in [5.74, 6) is 0. The molecule has 0 saturated heterocycles. The maximum Gasteiger partial charge on any atom is 0.0945 e. The molecule has 0 amide bonds. The van der Waals surface area contributed by atoms with E-state index in [1.807, 2.05) is 13.8 Å². The lowest BCUT2D eigenvalue weighted by molar-refractivity contribution is 0.0112. The topological polar surface area (TPSA) is 41.5 Å². The van der Waals surface area contributed by atoms with Crippen LogP contribution < -0.4 is 5.32 Å². The molecule has 0 fully saturated rings. The van der Waals surface area contributed by atoms with E-state index in [4.69, 9.17) is 27.9 Å². The van der Waals surface area contributed by atoms with Crippen LogP contribution in [0.3, 0.4) is 0 Å². The predicted molar refractivity (Wildman–Crippen MR) is 72.0 cm³/mol. The monoisotopic (exact) mass is 277 g/mol. The summed E-state index contributed by atoms with van der Waals surface area (Å²) in [5.41, 5.74) is 0.783. The highest BCUT2D eigenvalue weighted by atomic mass is 35.5. The van der Waals surface area contributed by atoms with Crippen LogP contribution in [-0.4, -0.2) is 30.5 Å². The summed E-state index contributed by atoms with van der Waals surface area (Å²) in [5, 5.41) is 13.8. The van der Waals surface area contributed by atoms with Crippen molar-refractivity contribution in [3.05, 3.63) is 28.2 Å². The smallest absolute Gasteiger partial charge is 0.0945 e. The number of hydrogen-bond donors (Lipinski definition) is 2. The fourth-order valence-electron chi connectivity index (χ4n) is 1.25. The Bertz CT molecular complexity index is 338. The quantitative estimate of drug-likeness (QED) is 0.839. The molecule has 5 heteroatoms. The Labute approximate surface area is 112 Å². The van der Waals surface area contributed by atoms with Crippen molar-refractivity contribution in [3.63, 3.8) is 0 Å². The van der Waals surface area contributed by atoms with Gasteiger partial charge in [0.2, 0.25) is 0 Å². The summed E-state index contributed by atoms with van der Waals surface area (Å²) in [6.45, 7) is 4.55. The summed E-state index contributed by atoms with van der Waals surface area (Å²) in [6, 6.07) is 5.17. The number of nitrogens with one attached hydrogen (secondary N) is 1. The largest absolute Gasteiger partial charge is 0.389 e. The molecule has 0 spiro atoms.